The van der Waals surface area contributed by atoms with Gasteiger partial charge in [0.05, 0.1) is 5.71 Å². The zero-order valence-electron chi connectivity index (χ0n) is 6.16. The summed E-state index contributed by atoms with van der Waals surface area (Å²) in [6.45, 7) is 0.884. The van der Waals surface area contributed by atoms with E-state index >= 15 is 0 Å². The average molecular weight is 170 g/mol. The molecule has 0 aromatic rings. The zero-order valence-corrected chi connectivity index (χ0v) is 6.97. The number of hydrogen-bond donors (Lipinski definition) is 1. The van der Waals surface area contributed by atoms with Gasteiger partial charge in [0.25, 0.3) is 0 Å². The van der Waals surface area contributed by atoms with E-state index < -0.39 is 0 Å². The van der Waals surface area contributed by atoms with Gasteiger partial charge < -0.3 is 5.21 Å². The van der Waals surface area contributed by atoms with Gasteiger partial charge in [0, 0.05) is 18.2 Å². The van der Waals surface area contributed by atoms with Crippen LogP contribution in [-0.2, 0) is 0 Å². The van der Waals surface area contributed by atoms with Crippen molar-refractivity contribution in [3.63, 3.8) is 0 Å². The lowest BCUT2D eigenvalue weighted by molar-refractivity contribution is 0.321. The molecule has 0 amide bonds. The van der Waals surface area contributed by atoms with Gasteiger partial charge in [-0.25, -0.2) is 0 Å². The molecule has 0 aromatic carbocycles. The van der Waals surface area contributed by atoms with Crippen molar-refractivity contribution in [1.82, 2.24) is 0 Å². The van der Waals surface area contributed by atoms with Crippen LogP contribution in [0.5, 0.6) is 0 Å². The third-order valence-corrected chi connectivity index (χ3v) is 2.84. The minimum absolute atomic E-state index is 0.605. The summed E-state index contributed by atoms with van der Waals surface area (Å²) in [7, 11) is 0. The number of rotatable bonds is 1. The number of hydrogen-bond acceptors (Lipinski definition) is 4. The van der Waals surface area contributed by atoms with E-state index in [1.165, 1.54) is 12.8 Å². The predicted molar refractivity (Wildman–Crippen MR) is 46.7 cm³/mol. The molecule has 0 spiro atoms. The van der Waals surface area contributed by atoms with E-state index in [1.54, 1.807) is 11.8 Å². The Morgan fingerprint density at radius 2 is 2.36 bits per heavy atom. The first kappa shape index (κ1) is 7.16. The molecule has 11 heavy (non-hydrogen) atoms. The molecule has 1 heterocycles. The van der Waals surface area contributed by atoms with E-state index in [-0.39, 0.29) is 0 Å². The van der Waals surface area contributed by atoms with E-state index in [9.17, 15) is 0 Å². The molecule has 3 nitrogen and oxygen atoms in total. The molecule has 60 valence electrons. The lowest BCUT2D eigenvalue weighted by Gasteiger charge is -2.11. The number of nitrogens with zero attached hydrogens (tertiary/aromatic N) is 2. The number of aliphatic imine (C=N–C) groups is 1. The Morgan fingerprint density at radius 1 is 1.55 bits per heavy atom. The Morgan fingerprint density at radius 3 is 3.00 bits per heavy atom. The maximum Gasteiger partial charge on any atom is 0.157 e. The second-order valence-electron chi connectivity index (χ2n) is 2.79. The zero-order chi connectivity index (χ0) is 7.68. The van der Waals surface area contributed by atoms with E-state index in [0.29, 0.717) is 5.92 Å². The van der Waals surface area contributed by atoms with Crippen LogP contribution >= 0.6 is 11.8 Å². The van der Waals surface area contributed by atoms with Crippen LogP contribution in [0.25, 0.3) is 0 Å². The summed E-state index contributed by atoms with van der Waals surface area (Å²) in [5.41, 5.74) is 1.05. The third kappa shape index (κ3) is 1.40. The maximum atomic E-state index is 8.62. The van der Waals surface area contributed by atoms with Crippen LogP contribution in [0.3, 0.4) is 0 Å². The molecule has 0 aromatic heterocycles. The van der Waals surface area contributed by atoms with Crippen molar-refractivity contribution >= 4 is 22.5 Å². The van der Waals surface area contributed by atoms with Crippen molar-refractivity contribution < 1.29 is 5.21 Å². The first-order valence-electron chi connectivity index (χ1n) is 3.81. The van der Waals surface area contributed by atoms with Crippen molar-refractivity contribution in [3.8, 4) is 0 Å². The van der Waals surface area contributed by atoms with E-state index in [0.717, 1.165) is 23.1 Å². The molecule has 1 saturated carbocycles. The largest absolute Gasteiger partial charge is 0.410 e. The lowest BCUT2D eigenvalue weighted by Crippen LogP contribution is -2.19. The summed E-state index contributed by atoms with van der Waals surface area (Å²) in [5, 5.41) is 12.6. The summed E-state index contributed by atoms with van der Waals surface area (Å²) in [6.07, 6.45) is 2.44. The summed E-state index contributed by atoms with van der Waals surface area (Å²) in [4.78, 5) is 4.35. The lowest BCUT2D eigenvalue weighted by atomic mass is 10.2. The van der Waals surface area contributed by atoms with E-state index in [1.807, 2.05) is 0 Å². The SMILES string of the molecule is ON=C1SCCN=C1C1CC1. The average Bonchev–Trinajstić information content (AvgIpc) is 2.87. The van der Waals surface area contributed by atoms with Crippen molar-refractivity contribution in [3.05, 3.63) is 0 Å². The molecule has 0 unspecified atom stereocenters. The topological polar surface area (TPSA) is 45.0 Å². The van der Waals surface area contributed by atoms with Gasteiger partial charge in [-0.2, -0.15) is 0 Å². The van der Waals surface area contributed by atoms with Crippen LogP contribution in [-0.4, -0.2) is 28.3 Å². The first-order chi connectivity index (χ1) is 5.42. The monoisotopic (exact) mass is 170 g/mol. The van der Waals surface area contributed by atoms with Crippen molar-refractivity contribution in [1.29, 1.82) is 0 Å². The van der Waals surface area contributed by atoms with Crippen LogP contribution in [0.1, 0.15) is 12.8 Å². The van der Waals surface area contributed by atoms with Crippen LogP contribution < -0.4 is 0 Å². The fraction of sp³-hybridized carbons (Fsp3) is 0.714. The molecule has 1 aliphatic carbocycles. The van der Waals surface area contributed by atoms with Gasteiger partial charge in [0.1, 0.15) is 0 Å². The Hall–Kier alpha value is -0.510. The van der Waals surface area contributed by atoms with Gasteiger partial charge >= 0.3 is 0 Å². The summed E-state index contributed by atoms with van der Waals surface area (Å²) in [6, 6.07) is 0. The highest BCUT2D eigenvalue weighted by Gasteiger charge is 2.32. The van der Waals surface area contributed by atoms with Gasteiger partial charge in [-0.05, 0) is 12.8 Å². The molecule has 2 aliphatic rings. The molecular weight excluding hydrogens is 160 g/mol. The van der Waals surface area contributed by atoms with Gasteiger partial charge in [-0.1, -0.05) is 16.9 Å². The van der Waals surface area contributed by atoms with Crippen LogP contribution in [0.4, 0.5) is 0 Å². The Kier molecular flexibility index (Phi) is 1.85. The molecule has 0 radical (unpaired) electrons. The molecular formula is C7H10N2OS. The molecule has 4 heteroatoms. The Labute approximate surface area is 69.6 Å². The van der Waals surface area contributed by atoms with Gasteiger partial charge in [0.2, 0.25) is 0 Å². The van der Waals surface area contributed by atoms with E-state index in [4.69, 9.17) is 5.21 Å². The number of oxime groups is 1. The second-order valence-corrected chi connectivity index (χ2v) is 3.88. The van der Waals surface area contributed by atoms with Crippen molar-refractivity contribution in [2.24, 2.45) is 16.1 Å². The standard InChI is InChI=1S/C7H10N2OS/c10-9-7-6(5-1-2-5)8-3-4-11-7/h5,10H,1-4H2. The van der Waals surface area contributed by atoms with Crippen molar-refractivity contribution in [2.75, 3.05) is 12.3 Å². The first-order valence-corrected chi connectivity index (χ1v) is 4.80. The fourth-order valence-corrected chi connectivity index (χ4v) is 2.00. The molecule has 1 aliphatic heterocycles. The molecule has 1 N–H and O–H groups in total. The third-order valence-electron chi connectivity index (χ3n) is 1.89. The van der Waals surface area contributed by atoms with E-state index in [2.05, 4.69) is 10.1 Å². The fourth-order valence-electron chi connectivity index (χ4n) is 1.19. The Bertz CT molecular complexity index is 220. The predicted octanol–water partition coefficient (Wildman–Crippen LogP) is 1.37. The summed E-state index contributed by atoms with van der Waals surface area (Å²) >= 11 is 1.61. The van der Waals surface area contributed by atoms with Crippen molar-refractivity contribution in [2.45, 2.75) is 12.8 Å². The van der Waals surface area contributed by atoms with Crippen LogP contribution in [0.2, 0.25) is 0 Å². The normalized spacial score (nSPS) is 28.7. The van der Waals surface area contributed by atoms with Gasteiger partial charge in [-0.15, -0.1) is 0 Å². The second kappa shape index (κ2) is 2.85. The highest BCUT2D eigenvalue weighted by Crippen LogP contribution is 2.34. The van der Waals surface area contributed by atoms with Gasteiger partial charge in [-0.3, -0.25) is 4.99 Å². The Balaban J connectivity index is 2.18. The highest BCUT2D eigenvalue weighted by atomic mass is 32.2. The quantitative estimate of drug-likeness (QED) is 0.477. The molecule has 2 rings (SSSR count). The number of thioether (sulfide) groups is 1. The smallest absolute Gasteiger partial charge is 0.157 e. The summed E-state index contributed by atoms with van der Waals surface area (Å²) in [5.74, 6) is 1.56. The molecule has 0 bridgehead atoms. The molecule has 0 saturated heterocycles. The van der Waals surface area contributed by atoms with Gasteiger partial charge in [0.15, 0.2) is 5.04 Å². The minimum atomic E-state index is 0.605. The summed E-state index contributed by atoms with van der Waals surface area (Å²) < 4.78 is 0. The maximum absolute atomic E-state index is 8.62. The molecule has 1 fully saturated rings. The van der Waals surface area contributed by atoms with Crippen LogP contribution in [0.15, 0.2) is 10.1 Å². The minimum Gasteiger partial charge on any atom is -0.410 e. The van der Waals surface area contributed by atoms with Crippen LogP contribution in [0, 0.1) is 5.92 Å². The highest BCUT2D eigenvalue weighted by molar-refractivity contribution is 8.15. The molecule has 0 atom stereocenters.